The molecule has 0 bridgehead atoms. The molecule has 0 aliphatic heterocycles. The van der Waals surface area contributed by atoms with Crippen LogP contribution in [0.4, 0.5) is 5.69 Å². The predicted octanol–water partition coefficient (Wildman–Crippen LogP) is 1.76. The molecule has 88 valence electrons. The zero-order valence-corrected chi connectivity index (χ0v) is 9.68. The van der Waals surface area contributed by atoms with E-state index in [4.69, 9.17) is 15.4 Å². The van der Waals surface area contributed by atoms with Crippen molar-refractivity contribution in [3.8, 4) is 6.07 Å². The number of nitrogens with two attached hydrogens (primary N) is 1. The summed E-state index contributed by atoms with van der Waals surface area (Å²) in [5, 5.41) is 8.50. The molecule has 1 heterocycles. The second-order valence-electron chi connectivity index (χ2n) is 3.98. The van der Waals surface area contributed by atoms with Crippen LogP contribution in [0.1, 0.15) is 12.3 Å². The molecule has 1 aromatic heterocycles. The van der Waals surface area contributed by atoms with Gasteiger partial charge in [-0.05, 0) is 25.2 Å². The van der Waals surface area contributed by atoms with Gasteiger partial charge in [-0.1, -0.05) is 0 Å². The summed E-state index contributed by atoms with van der Waals surface area (Å²) in [5.74, 6) is 0.644. The van der Waals surface area contributed by atoms with Gasteiger partial charge in [0.15, 0.2) is 5.58 Å². The Morgan fingerprint density at radius 2 is 2.35 bits per heavy atom. The van der Waals surface area contributed by atoms with Crippen LogP contribution in [0.25, 0.3) is 11.1 Å². The Kier molecular flexibility index (Phi) is 3.26. The van der Waals surface area contributed by atoms with Crippen LogP contribution in [0.2, 0.25) is 0 Å². The van der Waals surface area contributed by atoms with Crippen LogP contribution >= 0.6 is 0 Å². The molecule has 2 N–H and O–H groups in total. The summed E-state index contributed by atoms with van der Waals surface area (Å²) in [4.78, 5) is 6.35. The summed E-state index contributed by atoms with van der Waals surface area (Å²) >= 11 is 0. The van der Waals surface area contributed by atoms with E-state index in [1.807, 2.05) is 18.0 Å². The van der Waals surface area contributed by atoms with Crippen LogP contribution in [0, 0.1) is 11.3 Å². The van der Waals surface area contributed by atoms with Crippen molar-refractivity contribution in [2.45, 2.75) is 13.0 Å². The maximum atomic E-state index is 8.50. The molecule has 17 heavy (non-hydrogen) atoms. The highest BCUT2D eigenvalue weighted by molar-refractivity contribution is 5.76. The first kappa shape index (κ1) is 11.4. The molecule has 0 amide bonds. The molecule has 2 rings (SSSR count). The topological polar surface area (TPSA) is 79.1 Å². The maximum Gasteiger partial charge on any atom is 0.209 e. The molecule has 2 aromatic rings. The lowest BCUT2D eigenvalue weighted by atomic mass is 10.3. The molecular formula is C12H14N4O. The number of aromatic nitrogens is 1. The molecule has 0 saturated heterocycles. The largest absolute Gasteiger partial charge is 0.439 e. The van der Waals surface area contributed by atoms with E-state index in [1.165, 1.54) is 0 Å². The van der Waals surface area contributed by atoms with Crippen molar-refractivity contribution in [3.63, 3.8) is 0 Å². The molecule has 0 unspecified atom stereocenters. The van der Waals surface area contributed by atoms with E-state index in [9.17, 15) is 0 Å². The molecule has 5 heteroatoms. The van der Waals surface area contributed by atoms with Crippen LogP contribution in [-0.2, 0) is 6.54 Å². The second-order valence-corrected chi connectivity index (χ2v) is 3.98. The molecule has 5 nitrogen and oxygen atoms in total. The molecule has 0 saturated carbocycles. The highest BCUT2D eigenvalue weighted by atomic mass is 16.3. The van der Waals surface area contributed by atoms with E-state index < -0.39 is 0 Å². The first-order valence-electron chi connectivity index (χ1n) is 5.39. The Balaban J connectivity index is 2.12. The van der Waals surface area contributed by atoms with Gasteiger partial charge in [0.05, 0.1) is 12.6 Å². The molecular weight excluding hydrogens is 216 g/mol. The van der Waals surface area contributed by atoms with E-state index in [-0.39, 0.29) is 0 Å². The van der Waals surface area contributed by atoms with Gasteiger partial charge in [-0.2, -0.15) is 5.26 Å². The van der Waals surface area contributed by atoms with Gasteiger partial charge in [0.2, 0.25) is 5.89 Å². The van der Waals surface area contributed by atoms with Crippen molar-refractivity contribution in [1.29, 1.82) is 5.26 Å². The minimum atomic E-state index is 0.504. The third-order valence-electron chi connectivity index (χ3n) is 2.47. The van der Waals surface area contributed by atoms with E-state index in [2.05, 4.69) is 11.1 Å². The molecule has 0 aliphatic carbocycles. The Hall–Kier alpha value is -2.06. The van der Waals surface area contributed by atoms with Crippen LogP contribution < -0.4 is 5.73 Å². The average Bonchev–Trinajstić information content (AvgIpc) is 2.67. The standard InChI is InChI=1S/C12H14N4O/c1-16(6-2-5-13)8-12-15-10-7-9(14)3-4-11(10)17-12/h3-4,7H,2,6,8,14H2,1H3. The van der Waals surface area contributed by atoms with Crippen LogP contribution in [-0.4, -0.2) is 23.5 Å². The smallest absolute Gasteiger partial charge is 0.209 e. The van der Waals surface area contributed by atoms with Crippen LogP contribution in [0.3, 0.4) is 0 Å². The van der Waals surface area contributed by atoms with Crippen LogP contribution in [0.15, 0.2) is 22.6 Å². The quantitative estimate of drug-likeness (QED) is 0.809. The van der Waals surface area contributed by atoms with Gasteiger partial charge in [-0.25, -0.2) is 4.98 Å². The van der Waals surface area contributed by atoms with Crippen LogP contribution in [0.5, 0.6) is 0 Å². The predicted molar refractivity (Wildman–Crippen MR) is 65.0 cm³/mol. The number of hydrogen-bond acceptors (Lipinski definition) is 5. The lowest BCUT2D eigenvalue weighted by molar-refractivity contribution is 0.299. The number of anilines is 1. The number of oxazole rings is 1. The fraction of sp³-hybridized carbons (Fsp3) is 0.333. The summed E-state index contributed by atoms with van der Waals surface area (Å²) < 4.78 is 5.58. The van der Waals surface area contributed by atoms with Gasteiger partial charge < -0.3 is 10.2 Å². The zero-order chi connectivity index (χ0) is 12.3. The summed E-state index contributed by atoms with van der Waals surface area (Å²) in [6, 6.07) is 7.50. The lowest BCUT2D eigenvalue weighted by Crippen LogP contribution is -2.18. The highest BCUT2D eigenvalue weighted by Crippen LogP contribution is 2.18. The molecule has 1 aromatic carbocycles. The van der Waals surface area contributed by atoms with E-state index in [1.54, 1.807) is 12.1 Å². The minimum Gasteiger partial charge on any atom is -0.439 e. The Bertz CT molecular complexity index is 555. The number of nitrogens with zero attached hydrogens (tertiary/aromatic N) is 3. The number of hydrogen-bond donors (Lipinski definition) is 1. The molecule has 0 spiro atoms. The van der Waals surface area contributed by atoms with Crippen molar-refractivity contribution in [1.82, 2.24) is 9.88 Å². The van der Waals surface area contributed by atoms with Gasteiger partial charge in [0, 0.05) is 18.7 Å². The summed E-state index contributed by atoms with van der Waals surface area (Å²) in [5.41, 5.74) is 7.86. The maximum absolute atomic E-state index is 8.50. The van der Waals surface area contributed by atoms with E-state index >= 15 is 0 Å². The van der Waals surface area contributed by atoms with Gasteiger partial charge in [-0.15, -0.1) is 0 Å². The number of benzene rings is 1. The fourth-order valence-corrected chi connectivity index (χ4v) is 1.61. The Morgan fingerprint density at radius 1 is 1.53 bits per heavy atom. The van der Waals surface area contributed by atoms with Crippen molar-refractivity contribution in [3.05, 3.63) is 24.1 Å². The summed E-state index contributed by atoms with van der Waals surface area (Å²) in [7, 11) is 1.93. The van der Waals surface area contributed by atoms with E-state index in [0.29, 0.717) is 31.1 Å². The third kappa shape index (κ3) is 2.74. The summed E-state index contributed by atoms with van der Waals surface area (Å²) in [6.45, 7) is 1.30. The Labute approximate surface area is 99.4 Å². The normalized spacial score (nSPS) is 10.9. The molecule has 0 aliphatic rings. The first-order chi connectivity index (χ1) is 8.19. The second kappa shape index (κ2) is 4.85. The number of rotatable bonds is 4. The van der Waals surface area contributed by atoms with Crippen molar-refractivity contribution in [2.24, 2.45) is 0 Å². The lowest BCUT2D eigenvalue weighted by Gasteiger charge is -2.11. The van der Waals surface area contributed by atoms with E-state index in [0.717, 1.165) is 11.1 Å². The monoisotopic (exact) mass is 230 g/mol. The van der Waals surface area contributed by atoms with Gasteiger partial charge in [-0.3, -0.25) is 4.90 Å². The summed E-state index contributed by atoms with van der Waals surface area (Å²) in [6.07, 6.45) is 0.504. The third-order valence-corrected chi connectivity index (χ3v) is 2.47. The van der Waals surface area contributed by atoms with Crippen molar-refractivity contribution in [2.75, 3.05) is 19.3 Å². The fourth-order valence-electron chi connectivity index (χ4n) is 1.61. The first-order valence-corrected chi connectivity index (χ1v) is 5.39. The zero-order valence-electron chi connectivity index (χ0n) is 9.68. The van der Waals surface area contributed by atoms with Crippen molar-refractivity contribution >= 4 is 16.8 Å². The number of nitrogen functional groups attached to an aromatic ring is 1. The van der Waals surface area contributed by atoms with Gasteiger partial charge in [0.25, 0.3) is 0 Å². The molecule has 0 fully saturated rings. The highest BCUT2D eigenvalue weighted by Gasteiger charge is 2.08. The molecule has 0 radical (unpaired) electrons. The van der Waals surface area contributed by atoms with Crippen molar-refractivity contribution < 1.29 is 4.42 Å². The average molecular weight is 230 g/mol. The SMILES string of the molecule is CN(CCC#N)Cc1nc2cc(N)ccc2o1. The Morgan fingerprint density at radius 3 is 3.12 bits per heavy atom. The minimum absolute atomic E-state index is 0.504. The van der Waals surface area contributed by atoms with Gasteiger partial charge in [0.1, 0.15) is 5.52 Å². The molecule has 0 atom stereocenters. The van der Waals surface area contributed by atoms with Gasteiger partial charge >= 0.3 is 0 Å². The number of nitriles is 1. The number of fused-ring (bicyclic) bond motifs is 1.